The lowest BCUT2D eigenvalue weighted by Gasteiger charge is -2.41. The third-order valence-corrected chi connectivity index (χ3v) is 11.8. The minimum Gasteiger partial charge on any atom is -0.494 e. The van der Waals surface area contributed by atoms with Gasteiger partial charge in [0.2, 0.25) is 6.29 Å². The van der Waals surface area contributed by atoms with Crippen molar-refractivity contribution < 1.29 is 38.2 Å². The summed E-state index contributed by atoms with van der Waals surface area (Å²) < 4.78 is 35.3. The van der Waals surface area contributed by atoms with E-state index >= 15 is 0 Å². The lowest BCUT2D eigenvalue weighted by molar-refractivity contribution is -0.286. The van der Waals surface area contributed by atoms with Gasteiger partial charge in [0.15, 0.2) is 5.75 Å². The molecule has 4 atom stereocenters. The van der Waals surface area contributed by atoms with Crippen molar-refractivity contribution >= 4 is 0 Å². The van der Waals surface area contributed by atoms with E-state index in [1.165, 1.54) is 46.4 Å². The first kappa shape index (κ1) is 39.8. The van der Waals surface area contributed by atoms with Crippen molar-refractivity contribution in [3.05, 3.63) is 173 Å². The van der Waals surface area contributed by atoms with E-state index in [1.807, 2.05) is 54.6 Å². The van der Waals surface area contributed by atoms with E-state index in [9.17, 15) is 4.39 Å². The molecule has 1 aliphatic heterocycles. The Hall–Kier alpha value is -4.99. The predicted octanol–water partition coefficient (Wildman–Crippen LogP) is 11.0. The molecule has 7 nitrogen and oxygen atoms in total. The van der Waals surface area contributed by atoms with Gasteiger partial charge in [-0.15, -0.1) is 6.58 Å². The molecule has 1 heterocycles. The number of rotatable bonds is 18. The monoisotopic (exact) mass is 784 g/mol. The highest BCUT2D eigenvalue weighted by Crippen LogP contribution is 2.51. The zero-order chi connectivity index (χ0) is 39.6. The molecular formula is C50H53FO7. The van der Waals surface area contributed by atoms with E-state index in [0.29, 0.717) is 25.6 Å². The molecule has 58 heavy (non-hydrogen) atoms. The van der Waals surface area contributed by atoms with E-state index in [2.05, 4.69) is 55.1 Å². The maximum Gasteiger partial charge on any atom is 0.216 e. The number of benzene rings is 5. The van der Waals surface area contributed by atoms with Gasteiger partial charge in [-0.2, -0.15) is 4.89 Å². The zero-order valence-electron chi connectivity index (χ0n) is 33.1. The van der Waals surface area contributed by atoms with Crippen molar-refractivity contribution in [3.63, 3.8) is 0 Å². The lowest BCUT2D eigenvalue weighted by atomic mass is 9.72. The van der Waals surface area contributed by atoms with Crippen LogP contribution < -0.4 is 14.4 Å². The Morgan fingerprint density at radius 3 is 2.26 bits per heavy atom. The summed E-state index contributed by atoms with van der Waals surface area (Å²) in [5.41, 5.74) is 7.34. The maximum atomic E-state index is 14.7. The fourth-order valence-electron chi connectivity index (χ4n) is 8.92. The molecule has 0 radical (unpaired) electrons. The van der Waals surface area contributed by atoms with E-state index in [1.54, 1.807) is 6.08 Å². The Morgan fingerprint density at radius 2 is 1.43 bits per heavy atom. The molecule has 8 rings (SSSR count). The van der Waals surface area contributed by atoms with E-state index in [4.69, 9.17) is 33.8 Å². The Kier molecular flexibility index (Phi) is 13.2. The van der Waals surface area contributed by atoms with Crippen LogP contribution >= 0.6 is 0 Å². The van der Waals surface area contributed by atoms with Gasteiger partial charge in [-0.1, -0.05) is 85.3 Å². The van der Waals surface area contributed by atoms with Gasteiger partial charge < -0.3 is 19.1 Å². The molecule has 2 unspecified atom stereocenters. The number of ether oxygens (including phenoxy) is 3. The molecule has 0 fully saturated rings. The van der Waals surface area contributed by atoms with Crippen LogP contribution in [0.3, 0.4) is 0 Å². The summed E-state index contributed by atoms with van der Waals surface area (Å²) in [7, 11) is 0. The zero-order valence-corrected chi connectivity index (χ0v) is 33.1. The van der Waals surface area contributed by atoms with Gasteiger partial charge in [0.1, 0.15) is 35.9 Å². The minimum atomic E-state index is -1.07. The molecule has 3 aliphatic rings. The van der Waals surface area contributed by atoms with Gasteiger partial charge in [-0.3, -0.25) is 0 Å². The quantitative estimate of drug-likeness (QED) is 0.0379. The molecule has 5 aromatic carbocycles. The summed E-state index contributed by atoms with van der Waals surface area (Å²) >= 11 is 0. The van der Waals surface area contributed by atoms with Gasteiger partial charge in [-0.05, 0) is 134 Å². The Balaban J connectivity index is 1.05. The SMILES string of the molecule is C=CCOOCCCCCCOc1ccc(OOC[C@](c2ccccc2)(c2ccc(F)cc2)C2Oc3ccc4c(c3[C@H]3c5ccccc5CCC3O2)CCCC4)cc1. The summed E-state index contributed by atoms with van der Waals surface area (Å²) in [5, 5.41) is 0. The molecule has 0 saturated heterocycles. The molecule has 302 valence electrons. The molecule has 0 N–H and O–H groups in total. The number of unbranched alkanes of at least 4 members (excludes halogenated alkanes) is 3. The summed E-state index contributed by atoms with van der Waals surface area (Å²) in [5.74, 6) is 1.80. The van der Waals surface area contributed by atoms with E-state index in [0.717, 1.165) is 80.4 Å². The van der Waals surface area contributed by atoms with Gasteiger partial charge in [0, 0.05) is 11.5 Å². The number of hydrogen-bond acceptors (Lipinski definition) is 7. The second kappa shape index (κ2) is 19.2. The second-order valence-electron chi connectivity index (χ2n) is 15.5. The highest BCUT2D eigenvalue weighted by atomic mass is 19.1. The van der Waals surface area contributed by atoms with Crippen molar-refractivity contribution in [2.75, 3.05) is 26.4 Å². The first-order valence-electron chi connectivity index (χ1n) is 20.9. The Labute approximate surface area is 341 Å². The molecular weight excluding hydrogens is 732 g/mol. The van der Waals surface area contributed by atoms with E-state index < -0.39 is 11.7 Å². The van der Waals surface area contributed by atoms with Crippen molar-refractivity contribution in [3.8, 4) is 17.2 Å². The minimum absolute atomic E-state index is 0.0136. The maximum absolute atomic E-state index is 14.7. The largest absolute Gasteiger partial charge is 0.494 e. The molecule has 8 heteroatoms. The van der Waals surface area contributed by atoms with Crippen LogP contribution in [0.2, 0.25) is 0 Å². The highest BCUT2D eigenvalue weighted by molar-refractivity contribution is 5.55. The third-order valence-electron chi connectivity index (χ3n) is 11.8. The number of aryl methyl sites for hydroxylation is 2. The molecule has 0 bridgehead atoms. The fraction of sp³-hybridized carbons (Fsp3) is 0.360. The van der Waals surface area contributed by atoms with Gasteiger partial charge in [-0.25, -0.2) is 14.2 Å². The van der Waals surface area contributed by atoms with Crippen LogP contribution in [0.15, 0.2) is 128 Å². The lowest BCUT2D eigenvalue weighted by Crippen LogP contribution is -2.51. The van der Waals surface area contributed by atoms with Crippen LogP contribution in [0.5, 0.6) is 17.2 Å². The standard InChI is InChI=1S/C50H53FO7/c1-2-32-53-54-34-13-4-3-12-33-52-41-26-28-42(29-27-41)58-55-35-50(38-16-6-5-7-17-38,39-22-24-40(51)25-23-39)49-56-45-30-20-36-14-8-10-18-43(36)47(45)48-44-19-11-9-15-37(44)21-31-46(48)57-49/h2,5-8,10,14,16-18,21-29,31,45,47,49H,1,3-4,9,11-13,15,19-20,30,32-35H2/t45?,47-,49?,50-/m0/s1. The normalized spacial score (nSPS) is 19.2. The summed E-state index contributed by atoms with van der Waals surface area (Å²) in [6, 6.07) is 37.3. The molecule has 2 aliphatic carbocycles. The van der Waals surface area contributed by atoms with Crippen molar-refractivity contribution in [1.82, 2.24) is 0 Å². The first-order chi connectivity index (χ1) is 28.6. The van der Waals surface area contributed by atoms with Crippen LogP contribution in [0.4, 0.5) is 4.39 Å². The third kappa shape index (κ3) is 8.86. The van der Waals surface area contributed by atoms with Crippen LogP contribution in [0, 0.1) is 5.82 Å². The molecule has 5 aromatic rings. The average molecular weight is 785 g/mol. The number of halogens is 1. The predicted molar refractivity (Wildman–Crippen MR) is 222 cm³/mol. The molecule has 0 aromatic heterocycles. The van der Waals surface area contributed by atoms with Crippen LogP contribution in [0.1, 0.15) is 89.8 Å². The molecule has 0 spiro atoms. The van der Waals surface area contributed by atoms with Crippen LogP contribution in [0.25, 0.3) is 0 Å². The van der Waals surface area contributed by atoms with Crippen molar-refractivity contribution in [2.24, 2.45) is 0 Å². The Morgan fingerprint density at radius 1 is 0.690 bits per heavy atom. The summed E-state index contributed by atoms with van der Waals surface area (Å²) in [6.07, 6.45) is 10.8. The number of fused-ring (bicyclic) bond motifs is 7. The second-order valence-corrected chi connectivity index (χ2v) is 15.5. The van der Waals surface area contributed by atoms with Gasteiger partial charge >= 0.3 is 0 Å². The van der Waals surface area contributed by atoms with Gasteiger partial charge in [0.05, 0.1) is 19.3 Å². The Bertz CT molecular complexity index is 2090. The van der Waals surface area contributed by atoms with Gasteiger partial charge in [0.25, 0.3) is 0 Å². The smallest absolute Gasteiger partial charge is 0.216 e. The molecule has 0 saturated carbocycles. The van der Waals surface area contributed by atoms with Crippen molar-refractivity contribution in [1.29, 1.82) is 0 Å². The average Bonchev–Trinajstić information content (AvgIpc) is 3.45. The first-order valence-corrected chi connectivity index (χ1v) is 20.9. The van der Waals surface area contributed by atoms with Crippen LogP contribution in [-0.2, 0) is 44.1 Å². The summed E-state index contributed by atoms with van der Waals surface area (Å²) in [6.45, 7) is 5.20. The molecule has 0 amide bonds. The highest BCUT2D eigenvalue weighted by Gasteiger charge is 2.51. The summed E-state index contributed by atoms with van der Waals surface area (Å²) in [4.78, 5) is 22.4. The fourth-order valence-corrected chi connectivity index (χ4v) is 8.92. The van der Waals surface area contributed by atoms with Crippen LogP contribution in [-0.4, -0.2) is 38.8 Å². The topological polar surface area (TPSA) is 64.6 Å². The number of hydrogen-bond donors (Lipinski definition) is 0. The van der Waals surface area contributed by atoms with E-state index in [-0.39, 0.29) is 24.4 Å². The van der Waals surface area contributed by atoms with Crippen molar-refractivity contribution in [2.45, 2.75) is 87.9 Å².